The normalized spacial score (nSPS) is 11.2. The first-order valence-corrected chi connectivity index (χ1v) is 7.41. The number of carbonyl (C=O) groups excluding carboxylic acids is 1. The van der Waals surface area contributed by atoms with Crippen molar-refractivity contribution in [3.63, 3.8) is 0 Å². The van der Waals surface area contributed by atoms with E-state index >= 15 is 0 Å². The molecule has 1 heterocycles. The molecule has 0 radical (unpaired) electrons. The molecule has 0 aromatic carbocycles. The van der Waals surface area contributed by atoms with Crippen molar-refractivity contribution >= 4 is 11.6 Å². The number of anilines is 1. The summed E-state index contributed by atoms with van der Waals surface area (Å²) >= 11 is 0. The molecule has 4 nitrogen and oxygen atoms in total. The summed E-state index contributed by atoms with van der Waals surface area (Å²) in [4.78, 5) is 18.5. The van der Waals surface area contributed by atoms with Gasteiger partial charge in [0.25, 0.3) is 5.91 Å². The minimum Gasteiger partial charge on any atom is -0.379 e. The Balaban J connectivity index is 2.78. The predicted octanol–water partition coefficient (Wildman–Crippen LogP) is 3.55. The molecule has 0 bridgehead atoms. The van der Waals surface area contributed by atoms with Crippen LogP contribution in [0.25, 0.3) is 0 Å². The zero-order valence-electron chi connectivity index (χ0n) is 13.4. The number of nitrogens with one attached hydrogen (secondary N) is 1. The van der Waals surface area contributed by atoms with Gasteiger partial charge in [-0.15, -0.1) is 0 Å². The van der Waals surface area contributed by atoms with Gasteiger partial charge in [0.2, 0.25) is 0 Å². The molecule has 1 amide bonds. The van der Waals surface area contributed by atoms with Crippen LogP contribution in [-0.4, -0.2) is 34.4 Å². The molecule has 0 aliphatic rings. The number of aromatic nitrogens is 1. The Labute approximate surface area is 122 Å². The summed E-state index contributed by atoms with van der Waals surface area (Å²) in [5.74, 6) is 0.0241. The number of hydrogen-bond acceptors (Lipinski definition) is 3. The molecule has 4 heteroatoms. The monoisotopic (exact) mass is 277 g/mol. The fraction of sp³-hybridized carbons (Fsp3) is 0.625. The standard InChI is InChI=1S/C16H27N3O/c1-6-10-19(11-7-2)15(20)14-9-8-13(12-17-14)18-16(3,4)5/h8-9,12,18H,6-7,10-11H2,1-5H3. The minimum absolute atomic E-state index is 0.0103. The lowest BCUT2D eigenvalue weighted by atomic mass is 10.1. The van der Waals surface area contributed by atoms with Gasteiger partial charge in [-0.2, -0.15) is 0 Å². The second-order valence-corrected chi connectivity index (χ2v) is 6.10. The van der Waals surface area contributed by atoms with E-state index in [-0.39, 0.29) is 11.4 Å². The van der Waals surface area contributed by atoms with Crippen molar-refractivity contribution in [1.82, 2.24) is 9.88 Å². The van der Waals surface area contributed by atoms with E-state index in [9.17, 15) is 4.79 Å². The van der Waals surface area contributed by atoms with E-state index < -0.39 is 0 Å². The van der Waals surface area contributed by atoms with E-state index in [1.165, 1.54) is 0 Å². The average Bonchev–Trinajstić information content (AvgIpc) is 2.37. The molecule has 20 heavy (non-hydrogen) atoms. The molecule has 112 valence electrons. The average molecular weight is 277 g/mol. The van der Waals surface area contributed by atoms with Gasteiger partial charge in [-0.25, -0.2) is 4.98 Å². The lowest BCUT2D eigenvalue weighted by Crippen LogP contribution is -2.33. The van der Waals surface area contributed by atoms with E-state index in [2.05, 4.69) is 44.9 Å². The number of nitrogens with zero attached hydrogens (tertiary/aromatic N) is 2. The first kappa shape index (κ1) is 16.5. The largest absolute Gasteiger partial charge is 0.379 e. The van der Waals surface area contributed by atoms with E-state index in [1.807, 2.05) is 11.0 Å². The third kappa shape index (κ3) is 5.19. The van der Waals surface area contributed by atoms with Crippen LogP contribution in [0.15, 0.2) is 18.3 Å². The van der Waals surface area contributed by atoms with Gasteiger partial charge in [0.05, 0.1) is 11.9 Å². The van der Waals surface area contributed by atoms with E-state index in [0.29, 0.717) is 5.69 Å². The third-order valence-corrected chi connectivity index (χ3v) is 2.78. The molecular weight excluding hydrogens is 250 g/mol. The molecule has 0 saturated carbocycles. The van der Waals surface area contributed by atoms with Crippen LogP contribution < -0.4 is 5.32 Å². The highest BCUT2D eigenvalue weighted by molar-refractivity contribution is 5.92. The van der Waals surface area contributed by atoms with Crippen LogP contribution in [0.4, 0.5) is 5.69 Å². The van der Waals surface area contributed by atoms with Crippen molar-refractivity contribution in [3.8, 4) is 0 Å². The van der Waals surface area contributed by atoms with Crippen molar-refractivity contribution in [2.45, 2.75) is 53.0 Å². The molecule has 0 aliphatic carbocycles. The Morgan fingerprint density at radius 2 is 1.80 bits per heavy atom. The molecule has 0 aliphatic heterocycles. The fourth-order valence-corrected chi connectivity index (χ4v) is 2.04. The van der Waals surface area contributed by atoms with Gasteiger partial charge in [-0.05, 0) is 45.7 Å². The van der Waals surface area contributed by atoms with Gasteiger partial charge in [0.15, 0.2) is 0 Å². The van der Waals surface area contributed by atoms with E-state index in [1.54, 1.807) is 12.3 Å². The van der Waals surface area contributed by atoms with Crippen molar-refractivity contribution in [1.29, 1.82) is 0 Å². The molecule has 1 N–H and O–H groups in total. The number of hydrogen-bond donors (Lipinski definition) is 1. The number of carbonyl (C=O) groups is 1. The van der Waals surface area contributed by atoms with E-state index in [0.717, 1.165) is 31.6 Å². The highest BCUT2D eigenvalue weighted by Crippen LogP contribution is 2.14. The topological polar surface area (TPSA) is 45.2 Å². The Bertz CT molecular complexity index is 414. The lowest BCUT2D eigenvalue weighted by Gasteiger charge is -2.23. The minimum atomic E-state index is -0.0103. The first-order chi connectivity index (χ1) is 9.37. The molecule has 0 spiro atoms. The van der Waals surface area contributed by atoms with E-state index in [4.69, 9.17) is 0 Å². The third-order valence-electron chi connectivity index (χ3n) is 2.78. The first-order valence-electron chi connectivity index (χ1n) is 7.41. The highest BCUT2D eigenvalue weighted by Gasteiger charge is 2.16. The Kier molecular flexibility index (Phi) is 5.99. The van der Waals surface area contributed by atoms with Crippen LogP contribution >= 0.6 is 0 Å². The summed E-state index contributed by atoms with van der Waals surface area (Å²) in [5, 5.41) is 3.34. The predicted molar refractivity (Wildman–Crippen MR) is 84.1 cm³/mol. The Morgan fingerprint density at radius 3 is 2.20 bits per heavy atom. The Hall–Kier alpha value is -1.58. The zero-order chi connectivity index (χ0) is 15.2. The van der Waals surface area contributed by atoms with Gasteiger partial charge < -0.3 is 10.2 Å². The highest BCUT2D eigenvalue weighted by atomic mass is 16.2. The zero-order valence-corrected chi connectivity index (χ0v) is 13.4. The van der Waals surface area contributed by atoms with Gasteiger partial charge >= 0.3 is 0 Å². The summed E-state index contributed by atoms with van der Waals surface area (Å²) in [6.45, 7) is 12.0. The summed E-state index contributed by atoms with van der Waals surface area (Å²) < 4.78 is 0. The van der Waals surface area contributed by atoms with Crippen molar-refractivity contribution in [3.05, 3.63) is 24.0 Å². The van der Waals surface area contributed by atoms with Crippen LogP contribution in [0.2, 0.25) is 0 Å². The maximum atomic E-state index is 12.4. The molecule has 0 fully saturated rings. The van der Waals surface area contributed by atoms with Crippen molar-refractivity contribution in [2.24, 2.45) is 0 Å². The fourth-order valence-electron chi connectivity index (χ4n) is 2.04. The SMILES string of the molecule is CCCN(CCC)C(=O)c1ccc(NC(C)(C)C)cn1. The number of amides is 1. The molecule has 1 rings (SSSR count). The summed E-state index contributed by atoms with van der Waals surface area (Å²) in [6, 6.07) is 3.72. The number of rotatable bonds is 6. The molecule has 0 atom stereocenters. The van der Waals surface area contributed by atoms with Crippen LogP contribution in [0, 0.1) is 0 Å². The second kappa shape index (κ2) is 7.27. The second-order valence-electron chi connectivity index (χ2n) is 6.10. The molecule has 0 saturated heterocycles. The van der Waals surface area contributed by atoms with Crippen molar-refractivity contribution in [2.75, 3.05) is 18.4 Å². The van der Waals surface area contributed by atoms with Crippen LogP contribution in [0.1, 0.15) is 57.9 Å². The summed E-state index contributed by atoms with van der Waals surface area (Å²) in [6.07, 6.45) is 3.67. The van der Waals surface area contributed by atoms with Crippen molar-refractivity contribution < 1.29 is 4.79 Å². The van der Waals surface area contributed by atoms with Gasteiger partial charge in [0, 0.05) is 18.6 Å². The molecular formula is C16H27N3O. The van der Waals surface area contributed by atoms with Crippen LogP contribution in [0.5, 0.6) is 0 Å². The van der Waals surface area contributed by atoms with Gasteiger partial charge in [-0.1, -0.05) is 13.8 Å². The number of pyridine rings is 1. The molecule has 0 unspecified atom stereocenters. The molecule has 1 aromatic heterocycles. The van der Waals surface area contributed by atoms with Gasteiger partial charge in [0.1, 0.15) is 5.69 Å². The summed E-state index contributed by atoms with van der Waals surface area (Å²) in [7, 11) is 0. The van der Waals surface area contributed by atoms with Crippen LogP contribution in [-0.2, 0) is 0 Å². The smallest absolute Gasteiger partial charge is 0.272 e. The lowest BCUT2D eigenvalue weighted by molar-refractivity contribution is 0.0750. The Morgan fingerprint density at radius 1 is 1.20 bits per heavy atom. The maximum Gasteiger partial charge on any atom is 0.272 e. The maximum absolute atomic E-state index is 12.4. The molecule has 1 aromatic rings. The quantitative estimate of drug-likeness (QED) is 0.865. The summed E-state index contributed by atoms with van der Waals surface area (Å²) in [5.41, 5.74) is 1.45. The van der Waals surface area contributed by atoms with Gasteiger partial charge in [-0.3, -0.25) is 4.79 Å². The van der Waals surface area contributed by atoms with Crippen LogP contribution in [0.3, 0.4) is 0 Å².